The standard InChI is InChI=1S/C18H16FNO3/c19-16-8-6-14(7-9-16)17(21)15-10-20(11-15)18(22)23-12-13-4-2-1-3-5-13/h1-9,15H,10-12H2. The van der Waals surface area contributed by atoms with Crippen molar-refractivity contribution in [2.45, 2.75) is 6.61 Å². The first-order valence-electron chi connectivity index (χ1n) is 7.39. The molecule has 5 heteroatoms. The average molecular weight is 313 g/mol. The molecule has 23 heavy (non-hydrogen) atoms. The highest BCUT2D eigenvalue weighted by atomic mass is 19.1. The number of halogens is 1. The van der Waals surface area contributed by atoms with Crippen LogP contribution in [0.2, 0.25) is 0 Å². The summed E-state index contributed by atoms with van der Waals surface area (Å²) in [7, 11) is 0. The fraction of sp³-hybridized carbons (Fsp3) is 0.222. The number of hydrogen-bond donors (Lipinski definition) is 0. The van der Waals surface area contributed by atoms with Crippen LogP contribution >= 0.6 is 0 Å². The summed E-state index contributed by atoms with van der Waals surface area (Å²) in [5, 5.41) is 0. The molecule has 2 aromatic rings. The van der Waals surface area contributed by atoms with Gasteiger partial charge in [-0.1, -0.05) is 30.3 Å². The Labute approximate surface area is 133 Å². The maximum atomic E-state index is 12.9. The number of amides is 1. The van der Waals surface area contributed by atoms with Gasteiger partial charge in [0.1, 0.15) is 12.4 Å². The van der Waals surface area contributed by atoms with Gasteiger partial charge in [-0.25, -0.2) is 9.18 Å². The van der Waals surface area contributed by atoms with Crippen molar-refractivity contribution in [2.24, 2.45) is 5.92 Å². The number of rotatable bonds is 4. The number of carbonyl (C=O) groups excluding carboxylic acids is 2. The summed E-state index contributed by atoms with van der Waals surface area (Å²) in [6.45, 7) is 0.889. The molecular weight excluding hydrogens is 297 g/mol. The van der Waals surface area contributed by atoms with Gasteiger partial charge in [0.2, 0.25) is 0 Å². The third kappa shape index (κ3) is 3.56. The Kier molecular flexibility index (Phi) is 4.37. The molecule has 2 aromatic carbocycles. The predicted octanol–water partition coefficient (Wildman–Crippen LogP) is 3.28. The zero-order valence-corrected chi connectivity index (χ0v) is 12.4. The summed E-state index contributed by atoms with van der Waals surface area (Å²) < 4.78 is 18.1. The van der Waals surface area contributed by atoms with Crippen LogP contribution in [-0.4, -0.2) is 29.9 Å². The van der Waals surface area contributed by atoms with Crippen molar-refractivity contribution in [1.82, 2.24) is 4.90 Å². The van der Waals surface area contributed by atoms with Gasteiger partial charge < -0.3 is 9.64 Å². The molecule has 3 rings (SSSR count). The van der Waals surface area contributed by atoms with Crippen LogP contribution in [0.1, 0.15) is 15.9 Å². The van der Waals surface area contributed by atoms with Crippen molar-refractivity contribution in [3.05, 3.63) is 71.5 Å². The van der Waals surface area contributed by atoms with Crippen molar-refractivity contribution >= 4 is 11.9 Å². The van der Waals surface area contributed by atoms with E-state index in [1.165, 1.54) is 29.2 Å². The van der Waals surface area contributed by atoms with Crippen molar-refractivity contribution in [3.63, 3.8) is 0 Å². The second kappa shape index (κ2) is 6.60. The number of hydrogen-bond acceptors (Lipinski definition) is 3. The van der Waals surface area contributed by atoms with Gasteiger partial charge in [0.25, 0.3) is 0 Å². The van der Waals surface area contributed by atoms with Gasteiger partial charge >= 0.3 is 6.09 Å². The van der Waals surface area contributed by atoms with Crippen molar-refractivity contribution < 1.29 is 18.7 Å². The first-order valence-corrected chi connectivity index (χ1v) is 7.39. The van der Waals surface area contributed by atoms with Gasteiger partial charge in [0, 0.05) is 18.7 Å². The fourth-order valence-electron chi connectivity index (χ4n) is 2.45. The van der Waals surface area contributed by atoms with Crippen LogP contribution in [0.3, 0.4) is 0 Å². The van der Waals surface area contributed by atoms with E-state index in [1.54, 1.807) is 0 Å². The van der Waals surface area contributed by atoms with Crippen LogP contribution in [0.15, 0.2) is 54.6 Å². The van der Waals surface area contributed by atoms with E-state index >= 15 is 0 Å². The average Bonchev–Trinajstić information content (AvgIpc) is 2.53. The summed E-state index contributed by atoms with van der Waals surface area (Å²) >= 11 is 0. The van der Waals surface area contributed by atoms with Gasteiger partial charge in [-0.05, 0) is 29.8 Å². The number of nitrogens with zero attached hydrogens (tertiary/aromatic N) is 1. The zero-order valence-electron chi connectivity index (χ0n) is 12.4. The smallest absolute Gasteiger partial charge is 0.410 e. The van der Waals surface area contributed by atoms with Crippen molar-refractivity contribution in [1.29, 1.82) is 0 Å². The second-order valence-corrected chi connectivity index (χ2v) is 5.51. The quantitative estimate of drug-likeness (QED) is 0.814. The molecule has 0 bridgehead atoms. The summed E-state index contributed by atoms with van der Waals surface area (Å²) in [5.74, 6) is -0.692. The molecule has 4 nitrogen and oxygen atoms in total. The molecule has 0 atom stereocenters. The lowest BCUT2D eigenvalue weighted by atomic mass is 9.91. The predicted molar refractivity (Wildman–Crippen MR) is 82.4 cm³/mol. The number of ketones is 1. The van der Waals surface area contributed by atoms with E-state index in [-0.39, 0.29) is 24.1 Å². The van der Waals surface area contributed by atoms with E-state index in [0.29, 0.717) is 18.7 Å². The highest BCUT2D eigenvalue weighted by Gasteiger charge is 2.36. The Balaban J connectivity index is 1.47. The number of benzene rings is 2. The van der Waals surface area contributed by atoms with Gasteiger partial charge in [0.15, 0.2) is 5.78 Å². The Morgan fingerprint density at radius 2 is 1.70 bits per heavy atom. The van der Waals surface area contributed by atoms with Crippen LogP contribution in [0.5, 0.6) is 0 Å². The van der Waals surface area contributed by atoms with Crippen LogP contribution in [0.25, 0.3) is 0 Å². The second-order valence-electron chi connectivity index (χ2n) is 5.51. The number of Topliss-reactive ketones (excluding diaryl/α,β-unsaturated/α-hetero) is 1. The summed E-state index contributed by atoms with van der Waals surface area (Å²) in [6, 6.07) is 14.9. The summed E-state index contributed by atoms with van der Waals surface area (Å²) in [4.78, 5) is 25.6. The molecule has 0 spiro atoms. The lowest BCUT2D eigenvalue weighted by Gasteiger charge is -2.37. The lowest BCUT2D eigenvalue weighted by Crippen LogP contribution is -2.53. The maximum Gasteiger partial charge on any atom is 0.410 e. The van der Waals surface area contributed by atoms with Gasteiger partial charge in [0.05, 0.1) is 5.92 Å². The third-order valence-corrected chi connectivity index (χ3v) is 3.84. The molecule has 0 radical (unpaired) electrons. The molecule has 1 heterocycles. The summed E-state index contributed by atoms with van der Waals surface area (Å²) in [6.07, 6.45) is -0.419. The van der Waals surface area contributed by atoms with E-state index in [2.05, 4.69) is 0 Å². The molecular formula is C18H16FNO3. The van der Waals surface area contributed by atoms with Crippen LogP contribution < -0.4 is 0 Å². The first kappa shape index (κ1) is 15.2. The zero-order chi connectivity index (χ0) is 16.2. The molecule has 1 fully saturated rings. The van der Waals surface area contributed by atoms with Crippen LogP contribution in [0.4, 0.5) is 9.18 Å². The number of likely N-dealkylation sites (tertiary alicyclic amines) is 1. The first-order chi connectivity index (χ1) is 11.1. The van der Waals surface area contributed by atoms with E-state index in [1.807, 2.05) is 30.3 Å². The largest absolute Gasteiger partial charge is 0.445 e. The Hall–Kier alpha value is -2.69. The van der Waals surface area contributed by atoms with E-state index in [0.717, 1.165) is 5.56 Å². The van der Waals surface area contributed by atoms with Gasteiger partial charge in [-0.15, -0.1) is 0 Å². The van der Waals surface area contributed by atoms with Crippen molar-refractivity contribution in [2.75, 3.05) is 13.1 Å². The van der Waals surface area contributed by atoms with E-state index in [4.69, 9.17) is 4.74 Å². The topological polar surface area (TPSA) is 46.6 Å². The van der Waals surface area contributed by atoms with E-state index in [9.17, 15) is 14.0 Å². The Morgan fingerprint density at radius 1 is 1.04 bits per heavy atom. The van der Waals surface area contributed by atoms with Crippen LogP contribution in [0, 0.1) is 11.7 Å². The minimum absolute atomic E-state index is 0.0721. The van der Waals surface area contributed by atoms with Crippen LogP contribution in [-0.2, 0) is 11.3 Å². The number of ether oxygens (including phenoxy) is 1. The molecule has 1 saturated heterocycles. The minimum Gasteiger partial charge on any atom is -0.445 e. The maximum absolute atomic E-state index is 12.9. The molecule has 0 saturated carbocycles. The number of carbonyl (C=O) groups is 2. The molecule has 1 amide bonds. The molecule has 118 valence electrons. The third-order valence-electron chi connectivity index (χ3n) is 3.84. The molecule has 1 aliphatic rings. The monoisotopic (exact) mass is 313 g/mol. The molecule has 0 aliphatic carbocycles. The molecule has 1 aliphatic heterocycles. The normalized spacial score (nSPS) is 14.2. The summed E-state index contributed by atoms with van der Waals surface area (Å²) in [5.41, 5.74) is 1.38. The Morgan fingerprint density at radius 3 is 2.35 bits per heavy atom. The Bertz CT molecular complexity index is 694. The molecule has 0 unspecified atom stereocenters. The fourth-order valence-corrected chi connectivity index (χ4v) is 2.45. The highest BCUT2D eigenvalue weighted by molar-refractivity contribution is 5.99. The molecule has 0 N–H and O–H groups in total. The van der Waals surface area contributed by atoms with E-state index < -0.39 is 6.09 Å². The minimum atomic E-state index is -0.419. The highest BCUT2D eigenvalue weighted by Crippen LogP contribution is 2.22. The van der Waals surface area contributed by atoms with Gasteiger partial charge in [-0.2, -0.15) is 0 Å². The molecule has 0 aromatic heterocycles. The SMILES string of the molecule is O=C(c1ccc(F)cc1)C1CN(C(=O)OCc2ccccc2)C1. The van der Waals surface area contributed by atoms with Crippen molar-refractivity contribution in [3.8, 4) is 0 Å². The van der Waals surface area contributed by atoms with Gasteiger partial charge in [-0.3, -0.25) is 4.79 Å². The lowest BCUT2D eigenvalue weighted by molar-refractivity contribution is 0.0442.